The van der Waals surface area contributed by atoms with E-state index < -0.39 is 0 Å². The van der Waals surface area contributed by atoms with Gasteiger partial charge < -0.3 is 10.2 Å². The standard InChI is InChI=1S/C23H31Cl2N3OS/c24-16-11-17(25)13-19(12-16)26-22(29)14-21-15-30-23(27-18-7-3-1-4-8-18)28(21)20-9-5-2-6-10-20/h11-13,18,20-21H,1-10,14-15H2,(H,26,29). The van der Waals surface area contributed by atoms with Gasteiger partial charge >= 0.3 is 0 Å². The van der Waals surface area contributed by atoms with Crippen molar-refractivity contribution in [2.24, 2.45) is 4.99 Å². The van der Waals surface area contributed by atoms with Crippen LogP contribution in [0.4, 0.5) is 5.69 Å². The Labute approximate surface area is 194 Å². The van der Waals surface area contributed by atoms with Crippen molar-refractivity contribution in [3.8, 4) is 0 Å². The van der Waals surface area contributed by atoms with E-state index in [9.17, 15) is 4.79 Å². The first-order valence-electron chi connectivity index (χ1n) is 11.3. The van der Waals surface area contributed by atoms with E-state index in [1.807, 2.05) is 11.8 Å². The maximum atomic E-state index is 12.8. The molecule has 30 heavy (non-hydrogen) atoms. The molecule has 1 aromatic carbocycles. The minimum atomic E-state index is 0.0126. The molecule has 0 spiro atoms. The van der Waals surface area contributed by atoms with Crippen molar-refractivity contribution in [3.05, 3.63) is 28.2 Å². The molecule has 7 heteroatoms. The second-order valence-corrected chi connectivity index (χ2v) is 10.6. The summed E-state index contributed by atoms with van der Waals surface area (Å²) in [7, 11) is 0. The Morgan fingerprint density at radius 1 is 1.00 bits per heavy atom. The van der Waals surface area contributed by atoms with E-state index in [1.165, 1.54) is 69.4 Å². The summed E-state index contributed by atoms with van der Waals surface area (Å²) in [5.74, 6) is 0.949. The number of amides is 1. The van der Waals surface area contributed by atoms with Crippen LogP contribution < -0.4 is 5.32 Å². The number of aliphatic imine (C=N–C) groups is 1. The summed E-state index contributed by atoms with van der Waals surface area (Å²) >= 11 is 14.0. The Morgan fingerprint density at radius 3 is 2.30 bits per heavy atom. The van der Waals surface area contributed by atoms with Crippen LogP contribution in [0.1, 0.15) is 70.6 Å². The fourth-order valence-electron chi connectivity index (χ4n) is 4.97. The number of anilines is 1. The highest BCUT2D eigenvalue weighted by Gasteiger charge is 2.37. The summed E-state index contributed by atoms with van der Waals surface area (Å²) in [6, 6.07) is 6.34. The molecule has 0 bridgehead atoms. The zero-order valence-corrected chi connectivity index (χ0v) is 19.7. The average Bonchev–Trinajstić information content (AvgIpc) is 3.10. The molecule has 1 aliphatic heterocycles. The van der Waals surface area contributed by atoms with Gasteiger partial charge in [-0.05, 0) is 43.9 Å². The predicted molar refractivity (Wildman–Crippen MR) is 129 cm³/mol. The fourth-order valence-corrected chi connectivity index (χ4v) is 6.79. The quantitative estimate of drug-likeness (QED) is 0.519. The van der Waals surface area contributed by atoms with Crippen LogP contribution in [-0.2, 0) is 4.79 Å². The Balaban J connectivity index is 1.46. The van der Waals surface area contributed by atoms with Gasteiger partial charge in [-0.2, -0.15) is 0 Å². The maximum absolute atomic E-state index is 12.8. The largest absolute Gasteiger partial charge is 0.344 e. The van der Waals surface area contributed by atoms with Gasteiger partial charge in [0, 0.05) is 40.0 Å². The molecule has 2 saturated carbocycles. The predicted octanol–water partition coefficient (Wildman–Crippen LogP) is 6.76. The average molecular weight is 468 g/mol. The van der Waals surface area contributed by atoms with E-state index >= 15 is 0 Å². The highest BCUT2D eigenvalue weighted by Crippen LogP contribution is 2.35. The zero-order valence-electron chi connectivity index (χ0n) is 17.4. The van der Waals surface area contributed by atoms with Gasteiger partial charge in [-0.3, -0.25) is 9.79 Å². The summed E-state index contributed by atoms with van der Waals surface area (Å²) in [5.41, 5.74) is 0.656. The first-order chi connectivity index (χ1) is 14.6. The van der Waals surface area contributed by atoms with E-state index in [2.05, 4.69) is 10.2 Å². The van der Waals surface area contributed by atoms with Gasteiger partial charge in [-0.15, -0.1) is 0 Å². The molecule has 1 amide bonds. The van der Waals surface area contributed by atoms with Crippen molar-refractivity contribution in [1.29, 1.82) is 0 Å². The maximum Gasteiger partial charge on any atom is 0.226 e. The molecular weight excluding hydrogens is 437 g/mol. The third-order valence-corrected chi connectivity index (χ3v) is 7.98. The van der Waals surface area contributed by atoms with E-state index in [4.69, 9.17) is 28.2 Å². The van der Waals surface area contributed by atoms with Gasteiger partial charge in [0.15, 0.2) is 5.17 Å². The summed E-state index contributed by atoms with van der Waals surface area (Å²) < 4.78 is 0. The Kier molecular flexibility index (Phi) is 7.88. The second kappa shape index (κ2) is 10.6. The van der Waals surface area contributed by atoms with Gasteiger partial charge in [-0.25, -0.2) is 0 Å². The number of hydrogen-bond acceptors (Lipinski definition) is 3. The molecule has 4 nitrogen and oxygen atoms in total. The third-order valence-electron chi connectivity index (χ3n) is 6.42. The molecule has 1 N–H and O–H groups in total. The Hall–Kier alpha value is -0.910. The number of amidine groups is 1. The lowest BCUT2D eigenvalue weighted by Crippen LogP contribution is -2.45. The summed E-state index contributed by atoms with van der Waals surface area (Å²) in [4.78, 5) is 20.6. The Morgan fingerprint density at radius 2 is 1.63 bits per heavy atom. The number of thioether (sulfide) groups is 1. The van der Waals surface area contributed by atoms with Gasteiger partial charge in [-0.1, -0.05) is 73.5 Å². The lowest BCUT2D eigenvalue weighted by Gasteiger charge is -2.37. The van der Waals surface area contributed by atoms with Crippen molar-refractivity contribution in [2.75, 3.05) is 11.1 Å². The molecule has 1 heterocycles. The molecule has 3 fully saturated rings. The van der Waals surface area contributed by atoms with Gasteiger partial charge in [0.05, 0.1) is 6.04 Å². The molecule has 3 aliphatic rings. The number of halogens is 2. The highest BCUT2D eigenvalue weighted by molar-refractivity contribution is 8.14. The van der Waals surface area contributed by atoms with E-state index in [-0.39, 0.29) is 11.9 Å². The minimum Gasteiger partial charge on any atom is -0.344 e. The third kappa shape index (κ3) is 5.86. The van der Waals surface area contributed by atoms with Crippen LogP contribution in [-0.4, -0.2) is 39.9 Å². The SMILES string of the molecule is O=C(CC1CSC(=NC2CCCCC2)N1C1CCCCC1)Nc1cc(Cl)cc(Cl)c1. The molecule has 164 valence electrons. The van der Waals surface area contributed by atoms with Crippen LogP contribution in [0.3, 0.4) is 0 Å². The highest BCUT2D eigenvalue weighted by atomic mass is 35.5. The van der Waals surface area contributed by atoms with Crippen molar-refractivity contribution in [2.45, 2.75) is 88.8 Å². The van der Waals surface area contributed by atoms with Crippen LogP contribution in [0, 0.1) is 0 Å². The normalized spacial score (nSPS) is 25.1. The lowest BCUT2D eigenvalue weighted by atomic mass is 9.93. The smallest absolute Gasteiger partial charge is 0.226 e. The number of carbonyl (C=O) groups excluding carboxylic acids is 1. The van der Waals surface area contributed by atoms with Crippen LogP contribution in [0.15, 0.2) is 23.2 Å². The van der Waals surface area contributed by atoms with Crippen LogP contribution in [0.2, 0.25) is 10.0 Å². The van der Waals surface area contributed by atoms with Gasteiger partial charge in [0.25, 0.3) is 0 Å². The molecule has 0 aromatic heterocycles. The van der Waals surface area contributed by atoms with Crippen LogP contribution >= 0.6 is 35.0 Å². The molecule has 2 aliphatic carbocycles. The topological polar surface area (TPSA) is 44.7 Å². The van der Waals surface area contributed by atoms with E-state index in [0.29, 0.717) is 34.2 Å². The molecule has 1 aromatic rings. The van der Waals surface area contributed by atoms with Gasteiger partial charge in [0.2, 0.25) is 5.91 Å². The number of nitrogens with zero attached hydrogens (tertiary/aromatic N) is 2. The molecule has 0 radical (unpaired) electrons. The minimum absolute atomic E-state index is 0.0126. The van der Waals surface area contributed by atoms with Crippen molar-refractivity contribution in [1.82, 2.24) is 4.90 Å². The molecule has 1 unspecified atom stereocenters. The molecular formula is C23H31Cl2N3OS. The number of carbonyl (C=O) groups is 1. The number of benzene rings is 1. The van der Waals surface area contributed by atoms with E-state index in [1.54, 1.807) is 18.2 Å². The first kappa shape index (κ1) is 22.3. The summed E-state index contributed by atoms with van der Waals surface area (Å²) in [6.45, 7) is 0. The summed E-state index contributed by atoms with van der Waals surface area (Å²) in [5, 5.41) is 5.23. The molecule has 4 rings (SSSR count). The van der Waals surface area contributed by atoms with E-state index in [0.717, 1.165) is 5.75 Å². The fraction of sp³-hybridized carbons (Fsp3) is 0.652. The monoisotopic (exact) mass is 467 g/mol. The van der Waals surface area contributed by atoms with Crippen LogP contribution in [0.25, 0.3) is 0 Å². The first-order valence-corrected chi connectivity index (χ1v) is 13.1. The summed E-state index contributed by atoms with van der Waals surface area (Å²) in [6.07, 6.45) is 13.1. The molecule has 1 saturated heterocycles. The van der Waals surface area contributed by atoms with Crippen molar-refractivity contribution in [3.63, 3.8) is 0 Å². The zero-order chi connectivity index (χ0) is 20.9. The van der Waals surface area contributed by atoms with Crippen LogP contribution in [0.5, 0.6) is 0 Å². The second-order valence-electron chi connectivity index (χ2n) is 8.78. The Bertz CT molecular complexity index is 755. The lowest BCUT2D eigenvalue weighted by molar-refractivity contribution is -0.117. The molecule has 1 atom stereocenters. The van der Waals surface area contributed by atoms with Crippen molar-refractivity contribution >= 4 is 51.7 Å². The van der Waals surface area contributed by atoms with Crippen molar-refractivity contribution < 1.29 is 4.79 Å². The number of hydrogen-bond donors (Lipinski definition) is 1. The number of nitrogens with one attached hydrogen (secondary N) is 1. The number of rotatable bonds is 5. The van der Waals surface area contributed by atoms with Gasteiger partial charge in [0.1, 0.15) is 0 Å².